The molecule has 2 aliphatic heterocycles. The van der Waals surface area contributed by atoms with Gasteiger partial charge in [-0.05, 0) is 98.9 Å². The van der Waals surface area contributed by atoms with Gasteiger partial charge in [0, 0.05) is 18.0 Å². The van der Waals surface area contributed by atoms with Gasteiger partial charge in [0.05, 0.1) is 42.1 Å². The minimum absolute atomic E-state index is 0.0966. The predicted molar refractivity (Wildman–Crippen MR) is 206 cm³/mol. The summed E-state index contributed by atoms with van der Waals surface area (Å²) in [7, 11) is 1.30. The molecule has 4 heterocycles. The molecular weight excluding hydrogens is 683 g/mol. The number of imidazole rings is 2. The Balaban J connectivity index is 0.999. The first-order valence-corrected chi connectivity index (χ1v) is 19.1. The molecule has 1 aliphatic carbocycles. The van der Waals surface area contributed by atoms with Gasteiger partial charge >= 0.3 is 12.2 Å². The molecule has 3 amide bonds. The molecule has 2 aromatic heterocycles. The number of aromatic nitrogens is 4. The number of carbonyl (C=O) groups excluding carboxylic acids is 3. The molecule has 0 spiro atoms. The van der Waals surface area contributed by atoms with Crippen LogP contribution in [0.15, 0.2) is 60.8 Å². The number of ether oxygens (including phenoxy) is 2. The van der Waals surface area contributed by atoms with Gasteiger partial charge in [0.15, 0.2) is 0 Å². The van der Waals surface area contributed by atoms with Gasteiger partial charge in [0.25, 0.3) is 0 Å². The highest BCUT2D eigenvalue weighted by atomic mass is 16.6. The average molecular weight is 732 g/mol. The van der Waals surface area contributed by atoms with Crippen molar-refractivity contribution in [3.05, 3.63) is 72.4 Å². The maximum Gasteiger partial charge on any atom is 0.411 e. The Hall–Kier alpha value is -5.39. The molecule has 2 saturated heterocycles. The van der Waals surface area contributed by atoms with E-state index in [1.165, 1.54) is 7.11 Å². The average Bonchev–Trinajstić information content (AvgIpc) is 3.99. The molecule has 0 unspecified atom stereocenters. The number of carbonyl (C=O) groups is 3. The van der Waals surface area contributed by atoms with Gasteiger partial charge in [-0.15, -0.1) is 0 Å². The largest absolute Gasteiger partial charge is 0.453 e. The number of hydrogen-bond donors (Lipinski definition) is 3. The third-order valence-corrected chi connectivity index (χ3v) is 11.3. The van der Waals surface area contributed by atoms with Crippen molar-refractivity contribution in [2.45, 2.75) is 96.5 Å². The zero-order chi connectivity index (χ0) is 37.9. The number of aromatic amines is 2. The molecule has 0 radical (unpaired) electrons. The van der Waals surface area contributed by atoms with E-state index in [-0.39, 0.29) is 36.0 Å². The predicted octanol–water partition coefficient (Wildman–Crippen LogP) is 8.28. The number of methoxy groups -OCH3 is 1. The molecule has 1 saturated carbocycles. The molecule has 3 N–H and O–H groups in total. The summed E-state index contributed by atoms with van der Waals surface area (Å²) in [4.78, 5) is 59.5. The van der Waals surface area contributed by atoms with Gasteiger partial charge in [-0.2, -0.15) is 0 Å². The molecule has 3 aromatic carbocycles. The molecule has 3 aliphatic rings. The van der Waals surface area contributed by atoms with E-state index in [2.05, 4.69) is 69.9 Å². The lowest BCUT2D eigenvalue weighted by atomic mass is 9.98. The van der Waals surface area contributed by atoms with Crippen LogP contribution in [0.1, 0.15) is 90.5 Å². The first kappa shape index (κ1) is 35.6. The Morgan fingerprint density at radius 2 is 1.69 bits per heavy atom. The molecule has 54 heavy (non-hydrogen) atoms. The molecule has 5 aromatic rings. The number of H-pyrrole nitrogens is 2. The Kier molecular flexibility index (Phi) is 9.10. The number of piperidine rings is 1. The minimum Gasteiger partial charge on any atom is -0.453 e. The molecule has 8 rings (SSSR count). The SMILES string of the molecule is COC(=O)N[C@H](C(=O)N1CCC[C@H]1c1ncc(-c2ccc(-c3ccc4c(ccc5[nH]c([C@@H]6[C@H]7CC[C@@H](C7)N6C(=O)OC(C)(C)C)nc54)c3)cc2)[nH]1)C(C)C. The second-order valence-corrected chi connectivity index (χ2v) is 16.4. The van der Waals surface area contributed by atoms with E-state index < -0.39 is 17.7 Å². The number of hydrogen-bond acceptors (Lipinski definition) is 7. The van der Waals surface area contributed by atoms with Crippen LogP contribution in [-0.2, 0) is 14.3 Å². The Morgan fingerprint density at radius 3 is 2.43 bits per heavy atom. The normalized spacial score (nSPS) is 21.7. The van der Waals surface area contributed by atoms with Gasteiger partial charge < -0.3 is 29.7 Å². The van der Waals surface area contributed by atoms with Crippen molar-refractivity contribution in [2.75, 3.05) is 13.7 Å². The van der Waals surface area contributed by atoms with Gasteiger partial charge in [-0.1, -0.05) is 56.3 Å². The summed E-state index contributed by atoms with van der Waals surface area (Å²) in [5, 5.41) is 4.86. The molecule has 12 heteroatoms. The van der Waals surface area contributed by atoms with Gasteiger partial charge in [0.2, 0.25) is 5.91 Å². The van der Waals surface area contributed by atoms with Crippen molar-refractivity contribution in [2.24, 2.45) is 11.8 Å². The zero-order valence-corrected chi connectivity index (χ0v) is 31.8. The van der Waals surface area contributed by atoms with Crippen LogP contribution in [0, 0.1) is 11.8 Å². The maximum absolute atomic E-state index is 13.6. The van der Waals surface area contributed by atoms with Crippen LogP contribution < -0.4 is 5.32 Å². The topological polar surface area (TPSA) is 146 Å². The van der Waals surface area contributed by atoms with E-state index in [9.17, 15) is 14.4 Å². The summed E-state index contributed by atoms with van der Waals surface area (Å²) in [5.41, 5.74) is 5.37. The highest BCUT2D eigenvalue weighted by Crippen LogP contribution is 2.50. The lowest BCUT2D eigenvalue weighted by Gasteiger charge is -2.35. The van der Waals surface area contributed by atoms with Crippen LogP contribution in [0.5, 0.6) is 0 Å². The number of alkyl carbamates (subject to hydrolysis) is 1. The fraction of sp³-hybridized carbons (Fsp3) is 0.452. The van der Waals surface area contributed by atoms with E-state index >= 15 is 0 Å². The highest BCUT2D eigenvalue weighted by molar-refractivity contribution is 6.05. The summed E-state index contributed by atoms with van der Waals surface area (Å²) in [6.45, 7) is 10.2. The summed E-state index contributed by atoms with van der Waals surface area (Å²) < 4.78 is 10.6. The number of nitrogens with one attached hydrogen (secondary N) is 3. The van der Waals surface area contributed by atoms with Crippen molar-refractivity contribution in [1.29, 1.82) is 0 Å². The Morgan fingerprint density at radius 1 is 0.926 bits per heavy atom. The van der Waals surface area contributed by atoms with Gasteiger partial charge in [-0.3, -0.25) is 9.69 Å². The number of nitrogens with zero attached hydrogens (tertiary/aromatic N) is 4. The third kappa shape index (κ3) is 6.56. The lowest BCUT2D eigenvalue weighted by Crippen LogP contribution is -2.51. The van der Waals surface area contributed by atoms with Crippen LogP contribution in [0.2, 0.25) is 0 Å². The lowest BCUT2D eigenvalue weighted by molar-refractivity contribution is -0.135. The third-order valence-electron chi connectivity index (χ3n) is 11.3. The van der Waals surface area contributed by atoms with E-state index in [1.807, 2.05) is 50.6 Å². The number of rotatable bonds is 7. The van der Waals surface area contributed by atoms with E-state index in [1.54, 1.807) is 0 Å². The standard InChI is InChI=1S/C42H49N7O5/c1-23(2)34(47-40(51)53-6)39(50)48-19-7-8-33(48)37-43-22-32(45-37)25-11-9-24(10-12-25)26-14-17-30-27(20-26)15-18-31-35(30)46-38(44-31)36-28-13-16-29(21-28)49(36)41(52)54-42(3,4)5/h9-12,14-15,17-18,20,22-23,28-29,33-34,36H,7-8,13,16,19,21H2,1-6H3,(H,43,45)(H,44,46)(H,47,51)/t28-,29-,33-,34-,36-/m0/s1. The van der Waals surface area contributed by atoms with Crippen molar-refractivity contribution in [3.63, 3.8) is 0 Å². The highest BCUT2D eigenvalue weighted by Gasteiger charge is 2.51. The van der Waals surface area contributed by atoms with Crippen LogP contribution in [-0.4, -0.2) is 79.2 Å². The Labute approximate surface area is 315 Å². The van der Waals surface area contributed by atoms with Gasteiger partial charge in [-0.25, -0.2) is 19.6 Å². The monoisotopic (exact) mass is 731 g/mol. The van der Waals surface area contributed by atoms with Crippen molar-refractivity contribution >= 4 is 39.9 Å². The van der Waals surface area contributed by atoms with Crippen molar-refractivity contribution < 1.29 is 23.9 Å². The van der Waals surface area contributed by atoms with E-state index in [0.717, 1.165) is 87.9 Å². The number of likely N-dealkylation sites (tertiary alicyclic amines) is 2. The summed E-state index contributed by atoms with van der Waals surface area (Å²) in [6.07, 6.45) is 5.68. The number of fused-ring (bicyclic) bond motifs is 5. The maximum atomic E-state index is 13.6. The second kappa shape index (κ2) is 13.8. The molecule has 12 nitrogen and oxygen atoms in total. The molecule has 3 fully saturated rings. The molecular formula is C42H49N7O5. The second-order valence-electron chi connectivity index (χ2n) is 16.4. The fourth-order valence-electron chi connectivity index (χ4n) is 8.75. The quantitative estimate of drug-likeness (QED) is 0.153. The zero-order valence-electron chi connectivity index (χ0n) is 31.8. The molecule has 282 valence electrons. The molecule has 5 atom stereocenters. The van der Waals surface area contributed by atoms with E-state index in [4.69, 9.17) is 19.4 Å². The summed E-state index contributed by atoms with van der Waals surface area (Å²) in [5.74, 6) is 1.72. The number of amides is 3. The first-order chi connectivity index (χ1) is 25.9. The van der Waals surface area contributed by atoms with Crippen LogP contribution in [0.25, 0.3) is 44.2 Å². The number of benzene rings is 3. The Bertz CT molecular complexity index is 2220. The van der Waals surface area contributed by atoms with Crippen molar-refractivity contribution in [1.82, 2.24) is 35.1 Å². The first-order valence-electron chi connectivity index (χ1n) is 19.1. The summed E-state index contributed by atoms with van der Waals surface area (Å²) >= 11 is 0. The van der Waals surface area contributed by atoms with E-state index in [0.29, 0.717) is 12.5 Å². The van der Waals surface area contributed by atoms with Gasteiger partial charge in [0.1, 0.15) is 23.3 Å². The van der Waals surface area contributed by atoms with Crippen LogP contribution in [0.4, 0.5) is 9.59 Å². The van der Waals surface area contributed by atoms with Crippen LogP contribution >= 0.6 is 0 Å². The van der Waals surface area contributed by atoms with Crippen molar-refractivity contribution in [3.8, 4) is 22.4 Å². The minimum atomic E-state index is -0.679. The fourth-order valence-corrected chi connectivity index (χ4v) is 8.75. The smallest absolute Gasteiger partial charge is 0.411 e. The van der Waals surface area contributed by atoms with Crippen LogP contribution in [0.3, 0.4) is 0 Å². The summed E-state index contributed by atoms with van der Waals surface area (Å²) in [6, 6.07) is 18.3. The molecule has 2 bridgehead atoms.